The highest BCUT2D eigenvalue weighted by Crippen LogP contribution is 2.34. The van der Waals surface area contributed by atoms with E-state index in [1.54, 1.807) is 0 Å². The minimum atomic E-state index is -5.09. The van der Waals surface area contributed by atoms with Gasteiger partial charge in [0.15, 0.2) is 5.82 Å². The molecule has 0 amide bonds. The Kier molecular flexibility index (Phi) is 4.79. The molecule has 120 valence electrons. The first kappa shape index (κ1) is 16.4. The van der Waals surface area contributed by atoms with E-state index in [1.807, 2.05) is 24.4 Å². The number of nitrogens with two attached hydrogens (primary N) is 1. The Morgan fingerprint density at radius 1 is 1.32 bits per heavy atom. The van der Waals surface area contributed by atoms with Gasteiger partial charge >= 0.3 is 6.18 Å². The molecule has 0 saturated heterocycles. The zero-order valence-electron chi connectivity index (χ0n) is 11.4. The van der Waals surface area contributed by atoms with E-state index in [2.05, 4.69) is 20.3 Å². The van der Waals surface area contributed by atoms with Crippen LogP contribution in [0.5, 0.6) is 0 Å². The van der Waals surface area contributed by atoms with Crippen LogP contribution >= 0.6 is 11.3 Å². The van der Waals surface area contributed by atoms with E-state index in [1.165, 1.54) is 11.3 Å². The third kappa shape index (κ3) is 3.81. The molecule has 2 rings (SSSR count). The molecule has 0 saturated carbocycles. The van der Waals surface area contributed by atoms with Gasteiger partial charge in [-0.15, -0.1) is 11.3 Å². The predicted octanol–water partition coefficient (Wildman–Crippen LogP) is 3.65. The molecule has 0 spiro atoms. The number of anilines is 2. The highest BCUT2D eigenvalue weighted by molar-refractivity contribution is 7.10. The lowest BCUT2D eigenvalue weighted by Crippen LogP contribution is -2.21. The third-order valence-electron chi connectivity index (χ3n) is 2.78. The number of thiophene rings is 1. The predicted molar refractivity (Wildman–Crippen MR) is 75.1 cm³/mol. The summed E-state index contributed by atoms with van der Waals surface area (Å²) in [4.78, 5) is 11.4. The van der Waals surface area contributed by atoms with Crippen LogP contribution in [0.3, 0.4) is 0 Å². The molecule has 0 bridgehead atoms. The monoisotopic (exact) mass is 335 g/mol. The largest absolute Gasteiger partial charge is 0.427 e. The number of hydrogen-bond acceptors (Lipinski definition) is 6. The Bertz CT molecular complexity index is 616. The quantitative estimate of drug-likeness (QED) is 0.816. The molecule has 0 aromatic carbocycles. The number of halogens is 4. The zero-order chi connectivity index (χ0) is 16.3. The van der Waals surface area contributed by atoms with Gasteiger partial charge in [0.1, 0.15) is 0 Å². The van der Waals surface area contributed by atoms with Gasteiger partial charge in [0.25, 0.3) is 6.17 Å². The number of nitrogens with zero attached hydrogens (tertiary/aromatic N) is 3. The van der Waals surface area contributed by atoms with Gasteiger partial charge in [0.05, 0.1) is 6.04 Å². The van der Waals surface area contributed by atoms with Gasteiger partial charge in [0, 0.05) is 4.88 Å². The fraction of sp³-hybridized carbons (Fsp3) is 0.417. The Balaban J connectivity index is 2.26. The molecule has 22 heavy (non-hydrogen) atoms. The molecule has 2 unspecified atom stereocenters. The molecule has 10 heteroatoms. The van der Waals surface area contributed by atoms with E-state index in [-0.39, 0.29) is 12.0 Å². The maximum absolute atomic E-state index is 13.3. The Labute approximate surface area is 127 Å². The smallest absolute Gasteiger partial charge is 0.368 e. The van der Waals surface area contributed by atoms with Crippen molar-refractivity contribution in [2.45, 2.75) is 31.7 Å². The molecule has 5 nitrogen and oxygen atoms in total. The molecular weight excluding hydrogens is 322 g/mol. The number of alkyl halides is 4. The van der Waals surface area contributed by atoms with Crippen molar-refractivity contribution in [1.82, 2.24) is 15.0 Å². The van der Waals surface area contributed by atoms with Crippen molar-refractivity contribution in [3.63, 3.8) is 0 Å². The van der Waals surface area contributed by atoms with Gasteiger partial charge in [0.2, 0.25) is 11.9 Å². The first-order chi connectivity index (χ1) is 10.3. The molecule has 2 heterocycles. The molecule has 2 aromatic heterocycles. The van der Waals surface area contributed by atoms with Crippen molar-refractivity contribution in [3.05, 3.63) is 28.2 Å². The van der Waals surface area contributed by atoms with Gasteiger partial charge in [-0.3, -0.25) is 0 Å². The molecule has 2 atom stereocenters. The SMILES string of the molecule is CCC(Nc1nc(N)nc(C(F)C(F)(F)F)n1)c1cccs1. The van der Waals surface area contributed by atoms with Crippen LogP contribution in [0.2, 0.25) is 0 Å². The Hall–Kier alpha value is -1.97. The van der Waals surface area contributed by atoms with Gasteiger partial charge < -0.3 is 11.1 Å². The number of aromatic nitrogens is 3. The lowest BCUT2D eigenvalue weighted by molar-refractivity contribution is -0.184. The van der Waals surface area contributed by atoms with Crippen LogP contribution in [-0.2, 0) is 0 Å². The summed E-state index contributed by atoms with van der Waals surface area (Å²) in [6.45, 7) is 1.89. The summed E-state index contributed by atoms with van der Waals surface area (Å²) >= 11 is 1.47. The molecule has 2 aromatic rings. The standard InChI is InChI=1S/C12H13F4N5S/c1-2-6(7-4-3-5-22-7)18-11-20-9(19-10(17)21-11)8(13)12(14,15)16/h3-6,8H,2H2,1H3,(H3,17,18,19,20,21). The number of rotatable bonds is 5. The molecule has 0 aliphatic carbocycles. The summed E-state index contributed by atoms with van der Waals surface area (Å²) in [5.74, 6) is -1.71. The van der Waals surface area contributed by atoms with Crippen molar-refractivity contribution < 1.29 is 17.6 Å². The van der Waals surface area contributed by atoms with E-state index < -0.39 is 24.1 Å². The van der Waals surface area contributed by atoms with E-state index in [0.717, 1.165) is 4.88 Å². The van der Waals surface area contributed by atoms with Gasteiger partial charge in [-0.2, -0.15) is 28.1 Å². The average Bonchev–Trinajstić information content (AvgIpc) is 2.96. The minimum absolute atomic E-state index is 0.186. The fourth-order valence-electron chi connectivity index (χ4n) is 1.75. The summed E-state index contributed by atoms with van der Waals surface area (Å²) in [6, 6.07) is 3.50. The number of nitrogens with one attached hydrogen (secondary N) is 1. The van der Waals surface area contributed by atoms with E-state index in [0.29, 0.717) is 6.42 Å². The van der Waals surface area contributed by atoms with Crippen LogP contribution in [-0.4, -0.2) is 21.1 Å². The second-order valence-corrected chi connectivity index (χ2v) is 5.38. The van der Waals surface area contributed by atoms with Crippen LogP contribution in [0.1, 0.15) is 36.3 Å². The van der Waals surface area contributed by atoms with Crippen LogP contribution in [0.15, 0.2) is 17.5 Å². The highest BCUT2D eigenvalue weighted by atomic mass is 32.1. The van der Waals surface area contributed by atoms with Crippen LogP contribution < -0.4 is 11.1 Å². The molecule has 0 radical (unpaired) electrons. The maximum Gasteiger partial charge on any atom is 0.427 e. The van der Waals surface area contributed by atoms with Gasteiger partial charge in [-0.05, 0) is 17.9 Å². The summed E-state index contributed by atoms with van der Waals surface area (Å²) < 4.78 is 50.6. The summed E-state index contributed by atoms with van der Waals surface area (Å²) in [5, 5.41) is 4.72. The number of nitrogen functional groups attached to an aromatic ring is 1. The molecule has 3 N–H and O–H groups in total. The van der Waals surface area contributed by atoms with E-state index in [4.69, 9.17) is 5.73 Å². The average molecular weight is 335 g/mol. The Morgan fingerprint density at radius 2 is 2.05 bits per heavy atom. The van der Waals surface area contributed by atoms with Crippen molar-refractivity contribution in [2.75, 3.05) is 11.1 Å². The molecule has 0 aliphatic rings. The normalized spacial score (nSPS) is 14.6. The maximum atomic E-state index is 13.3. The van der Waals surface area contributed by atoms with E-state index in [9.17, 15) is 17.6 Å². The topological polar surface area (TPSA) is 76.7 Å². The lowest BCUT2D eigenvalue weighted by atomic mass is 10.2. The summed E-state index contributed by atoms with van der Waals surface area (Å²) in [6.07, 6.45) is -7.76. The summed E-state index contributed by atoms with van der Waals surface area (Å²) in [5.41, 5.74) is 5.34. The van der Waals surface area contributed by atoms with Crippen molar-refractivity contribution in [2.24, 2.45) is 0 Å². The van der Waals surface area contributed by atoms with Crippen molar-refractivity contribution >= 4 is 23.2 Å². The molecular formula is C12H13F4N5S. The van der Waals surface area contributed by atoms with Crippen molar-refractivity contribution in [3.8, 4) is 0 Å². The fourth-order valence-corrected chi connectivity index (χ4v) is 2.61. The summed E-state index contributed by atoms with van der Waals surface area (Å²) in [7, 11) is 0. The molecule has 0 aliphatic heterocycles. The minimum Gasteiger partial charge on any atom is -0.368 e. The Morgan fingerprint density at radius 3 is 2.59 bits per heavy atom. The number of hydrogen-bond donors (Lipinski definition) is 2. The van der Waals surface area contributed by atoms with Gasteiger partial charge in [-0.25, -0.2) is 4.39 Å². The van der Waals surface area contributed by atoms with Gasteiger partial charge in [-0.1, -0.05) is 13.0 Å². The highest BCUT2D eigenvalue weighted by Gasteiger charge is 2.44. The zero-order valence-corrected chi connectivity index (χ0v) is 12.2. The second kappa shape index (κ2) is 6.42. The van der Waals surface area contributed by atoms with Crippen LogP contribution in [0, 0.1) is 0 Å². The van der Waals surface area contributed by atoms with Crippen molar-refractivity contribution in [1.29, 1.82) is 0 Å². The first-order valence-corrected chi connectivity index (χ1v) is 7.21. The molecule has 0 fully saturated rings. The lowest BCUT2D eigenvalue weighted by Gasteiger charge is -2.17. The van der Waals surface area contributed by atoms with E-state index >= 15 is 0 Å². The first-order valence-electron chi connectivity index (χ1n) is 6.33. The second-order valence-electron chi connectivity index (χ2n) is 4.40. The van der Waals surface area contributed by atoms with Crippen LogP contribution in [0.4, 0.5) is 29.5 Å². The van der Waals surface area contributed by atoms with Crippen LogP contribution in [0.25, 0.3) is 0 Å². The third-order valence-corrected chi connectivity index (χ3v) is 3.77.